The minimum atomic E-state index is -3.84. The zero-order chi connectivity index (χ0) is 14.3. The lowest BCUT2D eigenvalue weighted by Gasteiger charge is -2.17. The minimum absolute atomic E-state index is 0.0363. The maximum absolute atomic E-state index is 12.0. The van der Waals surface area contributed by atoms with Crippen LogP contribution in [0.25, 0.3) is 5.76 Å². The van der Waals surface area contributed by atoms with Crippen molar-refractivity contribution >= 4 is 49.5 Å². The maximum atomic E-state index is 12.0. The van der Waals surface area contributed by atoms with Gasteiger partial charge in [0.05, 0.1) is 4.88 Å². The van der Waals surface area contributed by atoms with Crippen molar-refractivity contribution < 1.29 is 18.3 Å². The number of aliphatic hydroxyl groups excluding tert-OH is 1. The Kier molecular flexibility index (Phi) is 3.00. The van der Waals surface area contributed by atoms with E-state index in [4.69, 9.17) is 0 Å². The first kappa shape index (κ1) is 13.1. The van der Waals surface area contributed by atoms with Crippen LogP contribution in [0.4, 0.5) is 5.13 Å². The number of carbonyl (C=O) groups is 1. The van der Waals surface area contributed by atoms with Crippen molar-refractivity contribution in [1.29, 1.82) is 0 Å². The first-order chi connectivity index (χ1) is 9.49. The number of rotatable bonds is 2. The molecule has 0 fully saturated rings. The maximum Gasteiger partial charge on any atom is 0.278 e. The molecule has 0 aromatic carbocycles. The Labute approximate surface area is 121 Å². The van der Waals surface area contributed by atoms with E-state index < -0.39 is 21.6 Å². The zero-order valence-corrected chi connectivity index (χ0v) is 12.1. The van der Waals surface area contributed by atoms with Crippen molar-refractivity contribution in [2.75, 3.05) is 5.32 Å². The predicted octanol–water partition coefficient (Wildman–Crippen LogP) is 1.36. The van der Waals surface area contributed by atoms with Gasteiger partial charge in [-0.2, -0.15) is 0 Å². The largest absolute Gasteiger partial charge is 0.504 e. The van der Waals surface area contributed by atoms with Gasteiger partial charge in [0.15, 0.2) is 16.6 Å². The summed E-state index contributed by atoms with van der Waals surface area (Å²) >= 11 is 2.23. The third kappa shape index (κ3) is 2.07. The Balaban J connectivity index is 2.02. The van der Waals surface area contributed by atoms with Crippen LogP contribution in [-0.4, -0.2) is 24.4 Å². The number of aliphatic hydroxyl groups is 1. The number of nitrogens with zero attached hydrogens (tertiary/aromatic N) is 1. The number of sulfonamides is 1. The highest BCUT2D eigenvalue weighted by Gasteiger charge is 2.33. The second kappa shape index (κ2) is 4.58. The summed E-state index contributed by atoms with van der Waals surface area (Å²) in [6, 6.07) is 1.37. The Morgan fingerprint density at radius 1 is 1.35 bits per heavy atom. The van der Waals surface area contributed by atoms with Crippen LogP contribution in [0, 0.1) is 0 Å². The van der Waals surface area contributed by atoms with Crippen LogP contribution in [0.15, 0.2) is 33.6 Å². The number of thiazole rings is 1. The number of thiophene rings is 1. The van der Waals surface area contributed by atoms with Crippen molar-refractivity contribution in [2.24, 2.45) is 0 Å². The van der Waals surface area contributed by atoms with Crippen LogP contribution < -0.4 is 10.0 Å². The van der Waals surface area contributed by atoms with E-state index in [0.29, 0.717) is 5.13 Å². The van der Waals surface area contributed by atoms with E-state index in [-0.39, 0.29) is 15.5 Å². The first-order valence-electron chi connectivity index (χ1n) is 5.24. The molecule has 1 amide bonds. The van der Waals surface area contributed by atoms with E-state index in [1.54, 1.807) is 5.38 Å². The molecule has 0 bridgehead atoms. The number of amides is 1. The number of hydrogen-bond donors (Lipinski definition) is 3. The summed E-state index contributed by atoms with van der Waals surface area (Å²) in [7, 11) is -3.84. The molecule has 3 rings (SSSR count). The highest BCUT2D eigenvalue weighted by atomic mass is 32.2. The molecule has 0 saturated heterocycles. The fraction of sp³-hybridized carbons (Fsp3) is 0. The molecule has 7 nitrogen and oxygen atoms in total. The van der Waals surface area contributed by atoms with Gasteiger partial charge in [-0.15, -0.1) is 22.7 Å². The van der Waals surface area contributed by atoms with Gasteiger partial charge in [-0.3, -0.25) is 14.8 Å². The minimum Gasteiger partial charge on any atom is -0.504 e. The topological polar surface area (TPSA) is 108 Å². The quantitative estimate of drug-likeness (QED) is 0.771. The summed E-state index contributed by atoms with van der Waals surface area (Å²) in [5.41, 5.74) is -0.407. The summed E-state index contributed by atoms with van der Waals surface area (Å²) in [5, 5.41) is 15.9. The Morgan fingerprint density at radius 2 is 2.15 bits per heavy atom. The molecule has 104 valence electrons. The summed E-state index contributed by atoms with van der Waals surface area (Å²) < 4.78 is 26.0. The molecule has 2 aromatic rings. The van der Waals surface area contributed by atoms with E-state index in [9.17, 15) is 18.3 Å². The van der Waals surface area contributed by atoms with Crippen molar-refractivity contribution in [3.05, 3.63) is 33.6 Å². The molecule has 10 heteroatoms. The standard InChI is InChI=1S/C10H7N3O4S3/c14-7-6(9(15)12-10-11-2-4-19-10)13-20(16,17)5-1-3-18-8(5)7/h1-4,13-14H,(H,11,12,15). The third-order valence-electron chi connectivity index (χ3n) is 2.49. The lowest BCUT2D eigenvalue weighted by atomic mass is 10.3. The van der Waals surface area contributed by atoms with Crippen molar-refractivity contribution in [1.82, 2.24) is 9.71 Å². The van der Waals surface area contributed by atoms with Gasteiger partial charge in [0, 0.05) is 11.6 Å². The van der Waals surface area contributed by atoms with Crippen molar-refractivity contribution in [3.8, 4) is 0 Å². The van der Waals surface area contributed by atoms with Gasteiger partial charge >= 0.3 is 0 Å². The van der Waals surface area contributed by atoms with Gasteiger partial charge in [-0.25, -0.2) is 13.4 Å². The van der Waals surface area contributed by atoms with Gasteiger partial charge in [-0.1, -0.05) is 0 Å². The number of nitrogens with one attached hydrogen (secondary N) is 2. The monoisotopic (exact) mass is 329 g/mol. The van der Waals surface area contributed by atoms with Crippen molar-refractivity contribution in [3.63, 3.8) is 0 Å². The van der Waals surface area contributed by atoms with Gasteiger partial charge in [0.1, 0.15) is 4.90 Å². The molecule has 2 aromatic heterocycles. The number of hydrogen-bond acceptors (Lipinski definition) is 7. The lowest BCUT2D eigenvalue weighted by Crippen LogP contribution is -2.34. The van der Waals surface area contributed by atoms with Crippen LogP contribution in [0.2, 0.25) is 0 Å². The average molecular weight is 329 g/mol. The molecule has 3 N–H and O–H groups in total. The molecular weight excluding hydrogens is 322 g/mol. The molecule has 0 radical (unpaired) electrons. The fourth-order valence-electron chi connectivity index (χ4n) is 1.63. The molecule has 20 heavy (non-hydrogen) atoms. The average Bonchev–Trinajstić information content (AvgIpc) is 3.04. The van der Waals surface area contributed by atoms with Gasteiger partial charge in [-0.05, 0) is 11.4 Å². The molecule has 1 aliphatic rings. The number of anilines is 1. The number of fused-ring (bicyclic) bond motifs is 1. The van der Waals surface area contributed by atoms with Crippen LogP contribution in [0.5, 0.6) is 0 Å². The Morgan fingerprint density at radius 3 is 2.85 bits per heavy atom. The van der Waals surface area contributed by atoms with E-state index in [0.717, 1.165) is 11.3 Å². The molecule has 0 atom stereocenters. The first-order valence-corrected chi connectivity index (χ1v) is 8.48. The SMILES string of the molecule is O=C(Nc1nccs1)C1=C(O)c2sccc2S(=O)(=O)N1. The van der Waals surface area contributed by atoms with Gasteiger partial charge < -0.3 is 5.11 Å². The third-order valence-corrected chi connectivity index (χ3v) is 5.62. The Bertz CT molecular complexity index is 805. The molecule has 0 spiro atoms. The number of carbonyl (C=O) groups excluding carboxylic acids is 1. The van der Waals surface area contributed by atoms with Crippen LogP contribution >= 0.6 is 22.7 Å². The summed E-state index contributed by atoms with van der Waals surface area (Å²) in [6.45, 7) is 0. The van der Waals surface area contributed by atoms with Gasteiger partial charge in [0.2, 0.25) is 0 Å². The van der Waals surface area contributed by atoms with Crippen molar-refractivity contribution in [2.45, 2.75) is 4.90 Å². The highest BCUT2D eigenvalue weighted by Crippen LogP contribution is 2.33. The predicted molar refractivity (Wildman–Crippen MR) is 74.9 cm³/mol. The fourth-order valence-corrected chi connectivity index (χ4v) is 4.61. The highest BCUT2D eigenvalue weighted by molar-refractivity contribution is 7.90. The van der Waals surface area contributed by atoms with Crippen LogP contribution in [0.3, 0.4) is 0 Å². The van der Waals surface area contributed by atoms with E-state index in [1.165, 1.54) is 29.0 Å². The molecule has 0 saturated carbocycles. The molecule has 0 unspecified atom stereocenters. The molecular formula is C10H7N3O4S3. The van der Waals surface area contributed by atoms with Gasteiger partial charge in [0.25, 0.3) is 15.9 Å². The normalized spacial score (nSPS) is 16.4. The van der Waals surface area contributed by atoms with Crippen LogP contribution in [-0.2, 0) is 14.8 Å². The summed E-state index contributed by atoms with van der Waals surface area (Å²) in [4.78, 5) is 16.0. The summed E-state index contributed by atoms with van der Waals surface area (Å²) in [5.74, 6) is -1.15. The van der Waals surface area contributed by atoms with E-state index in [1.807, 2.05) is 0 Å². The smallest absolute Gasteiger partial charge is 0.278 e. The zero-order valence-electron chi connectivity index (χ0n) is 9.65. The van der Waals surface area contributed by atoms with E-state index in [2.05, 4.69) is 15.0 Å². The molecule has 3 heterocycles. The second-order valence-electron chi connectivity index (χ2n) is 3.73. The summed E-state index contributed by atoms with van der Waals surface area (Å²) in [6.07, 6.45) is 1.50. The molecule has 0 aliphatic carbocycles. The second-order valence-corrected chi connectivity index (χ2v) is 7.20. The Hall–Kier alpha value is -1.91. The number of aromatic nitrogens is 1. The van der Waals surface area contributed by atoms with Crippen LogP contribution in [0.1, 0.15) is 4.88 Å². The molecule has 1 aliphatic heterocycles. The lowest BCUT2D eigenvalue weighted by molar-refractivity contribution is -0.113. The van der Waals surface area contributed by atoms with E-state index >= 15 is 0 Å².